The van der Waals surface area contributed by atoms with Gasteiger partial charge in [-0.2, -0.15) is 5.10 Å². The summed E-state index contributed by atoms with van der Waals surface area (Å²) >= 11 is 0. The molecule has 0 radical (unpaired) electrons. The number of para-hydroxylation sites is 1. The van der Waals surface area contributed by atoms with Gasteiger partial charge in [0.05, 0.1) is 5.69 Å². The molecule has 1 N–H and O–H groups in total. The third kappa shape index (κ3) is 3.34. The number of nitrogens with zero attached hydrogens (tertiary/aromatic N) is 2. The second-order valence-corrected chi connectivity index (χ2v) is 5.44. The van der Waals surface area contributed by atoms with E-state index in [2.05, 4.69) is 10.4 Å². The zero-order valence-corrected chi connectivity index (χ0v) is 13.5. The molecule has 0 saturated carbocycles. The number of benzene rings is 2. The van der Waals surface area contributed by atoms with Crippen LogP contribution in [0.15, 0.2) is 53.3 Å². The average Bonchev–Trinajstić information content (AvgIpc) is 2.59. The Hall–Kier alpha value is -3.42. The zero-order chi connectivity index (χ0) is 18.8. The van der Waals surface area contributed by atoms with Crippen molar-refractivity contribution in [3.8, 4) is 5.69 Å². The molecule has 1 heterocycles. The molecule has 0 aliphatic carbocycles. The maximum Gasteiger partial charge on any atom is 0.280 e. The van der Waals surface area contributed by atoms with E-state index in [4.69, 9.17) is 0 Å². The Kier molecular flexibility index (Phi) is 4.57. The summed E-state index contributed by atoms with van der Waals surface area (Å²) in [5, 5.41) is 5.98. The molecule has 0 aliphatic heterocycles. The molecule has 5 nitrogen and oxygen atoms in total. The van der Waals surface area contributed by atoms with Gasteiger partial charge in [0.25, 0.3) is 5.91 Å². The number of hydrogen-bond acceptors (Lipinski definition) is 3. The smallest absolute Gasteiger partial charge is 0.280 e. The number of aryl methyl sites for hydroxylation is 1. The Morgan fingerprint density at radius 3 is 2.50 bits per heavy atom. The van der Waals surface area contributed by atoms with Gasteiger partial charge in [-0.3, -0.25) is 9.59 Å². The van der Waals surface area contributed by atoms with Crippen LogP contribution in [0.1, 0.15) is 16.2 Å². The highest BCUT2D eigenvalue weighted by Gasteiger charge is 2.18. The van der Waals surface area contributed by atoms with Crippen LogP contribution >= 0.6 is 0 Å². The maximum atomic E-state index is 14.0. The van der Waals surface area contributed by atoms with Crippen molar-refractivity contribution in [2.24, 2.45) is 0 Å². The number of carbonyl (C=O) groups is 1. The van der Waals surface area contributed by atoms with E-state index in [9.17, 15) is 22.8 Å². The molecular formula is C18H12F3N3O2. The van der Waals surface area contributed by atoms with E-state index in [0.717, 1.165) is 28.9 Å². The van der Waals surface area contributed by atoms with Gasteiger partial charge in [0.2, 0.25) is 5.43 Å². The predicted octanol–water partition coefficient (Wildman–Crippen LogP) is 3.21. The molecule has 0 spiro atoms. The number of carbonyl (C=O) groups excluding carboxylic acids is 1. The normalized spacial score (nSPS) is 10.6. The van der Waals surface area contributed by atoms with Crippen LogP contribution in [0.4, 0.5) is 18.9 Å². The first kappa shape index (κ1) is 17.4. The van der Waals surface area contributed by atoms with E-state index in [-0.39, 0.29) is 5.69 Å². The van der Waals surface area contributed by atoms with Gasteiger partial charge in [0, 0.05) is 17.8 Å². The van der Waals surface area contributed by atoms with Gasteiger partial charge in [-0.15, -0.1) is 0 Å². The summed E-state index contributed by atoms with van der Waals surface area (Å²) < 4.78 is 42.0. The number of hydrogen-bond donors (Lipinski definition) is 1. The lowest BCUT2D eigenvalue weighted by atomic mass is 10.2. The molecule has 132 valence electrons. The van der Waals surface area contributed by atoms with Crippen molar-refractivity contribution in [2.75, 3.05) is 5.32 Å². The zero-order valence-electron chi connectivity index (χ0n) is 13.5. The van der Waals surface area contributed by atoms with Crippen LogP contribution in [-0.2, 0) is 0 Å². The molecule has 8 heteroatoms. The Bertz CT molecular complexity index is 1060. The van der Waals surface area contributed by atoms with Crippen molar-refractivity contribution in [2.45, 2.75) is 6.92 Å². The summed E-state index contributed by atoms with van der Waals surface area (Å²) in [6.45, 7) is 1.52. The van der Waals surface area contributed by atoms with Gasteiger partial charge >= 0.3 is 0 Å². The molecule has 0 atom stereocenters. The summed E-state index contributed by atoms with van der Waals surface area (Å²) in [6, 6.07) is 9.29. The second kappa shape index (κ2) is 6.83. The number of nitrogens with one attached hydrogen (secondary N) is 1. The summed E-state index contributed by atoms with van der Waals surface area (Å²) in [5.74, 6) is -3.28. The number of halogens is 3. The largest absolute Gasteiger partial charge is 0.318 e. The molecular weight excluding hydrogens is 347 g/mol. The minimum Gasteiger partial charge on any atom is -0.318 e. The standard InChI is InChI=1S/C18H12F3N3O2/c1-10-8-16(25)17(23-24(10)15-5-3-2-4-13(15)21)18(26)22-14-9-11(19)6-7-12(14)20/h2-9H,1H3,(H,22,26). The molecule has 0 saturated heterocycles. The molecule has 26 heavy (non-hydrogen) atoms. The number of rotatable bonds is 3. The number of amides is 1. The van der Waals surface area contributed by atoms with Gasteiger partial charge in [-0.05, 0) is 31.2 Å². The Labute approximate surface area is 145 Å². The SMILES string of the molecule is Cc1cc(=O)c(C(=O)Nc2cc(F)ccc2F)nn1-c1ccccc1F. The lowest BCUT2D eigenvalue weighted by Gasteiger charge is -2.12. The molecule has 3 aromatic rings. The summed E-state index contributed by atoms with van der Waals surface area (Å²) in [7, 11) is 0. The highest BCUT2D eigenvalue weighted by atomic mass is 19.1. The average molecular weight is 359 g/mol. The number of anilines is 1. The second-order valence-electron chi connectivity index (χ2n) is 5.44. The first-order valence-electron chi connectivity index (χ1n) is 7.49. The highest BCUT2D eigenvalue weighted by molar-refractivity contribution is 6.02. The van der Waals surface area contributed by atoms with E-state index in [1.807, 2.05) is 0 Å². The highest BCUT2D eigenvalue weighted by Crippen LogP contribution is 2.16. The third-order valence-electron chi connectivity index (χ3n) is 3.58. The molecule has 2 aromatic carbocycles. The summed E-state index contributed by atoms with van der Waals surface area (Å²) in [4.78, 5) is 24.4. The minimum atomic E-state index is -1.04. The van der Waals surface area contributed by atoms with Crippen LogP contribution < -0.4 is 10.7 Å². The fraction of sp³-hybridized carbons (Fsp3) is 0.0556. The van der Waals surface area contributed by atoms with Crippen molar-refractivity contribution in [3.63, 3.8) is 0 Å². The van der Waals surface area contributed by atoms with Crippen molar-refractivity contribution < 1.29 is 18.0 Å². The van der Waals surface area contributed by atoms with Crippen molar-refractivity contribution in [1.29, 1.82) is 0 Å². The summed E-state index contributed by atoms with van der Waals surface area (Å²) in [5.41, 5.74) is -1.41. The van der Waals surface area contributed by atoms with Crippen LogP contribution in [0.25, 0.3) is 5.69 Å². The van der Waals surface area contributed by atoms with Gasteiger partial charge in [-0.25, -0.2) is 17.9 Å². The van der Waals surface area contributed by atoms with E-state index >= 15 is 0 Å². The monoisotopic (exact) mass is 359 g/mol. The van der Waals surface area contributed by atoms with Gasteiger partial charge in [-0.1, -0.05) is 12.1 Å². The van der Waals surface area contributed by atoms with E-state index < -0.39 is 40.2 Å². The Balaban J connectivity index is 2.04. The maximum absolute atomic E-state index is 14.0. The topological polar surface area (TPSA) is 64.0 Å². The van der Waals surface area contributed by atoms with Crippen molar-refractivity contribution in [1.82, 2.24) is 9.78 Å². The molecule has 0 unspecified atom stereocenters. The Morgan fingerprint density at radius 1 is 1.04 bits per heavy atom. The lowest BCUT2D eigenvalue weighted by molar-refractivity contribution is 0.101. The first-order chi connectivity index (χ1) is 12.4. The summed E-state index contributed by atoms with van der Waals surface area (Å²) in [6.07, 6.45) is 0. The fourth-order valence-corrected chi connectivity index (χ4v) is 2.35. The minimum absolute atomic E-state index is 0.0380. The Morgan fingerprint density at radius 2 is 1.77 bits per heavy atom. The predicted molar refractivity (Wildman–Crippen MR) is 88.8 cm³/mol. The van der Waals surface area contributed by atoms with E-state index in [0.29, 0.717) is 5.69 Å². The third-order valence-corrected chi connectivity index (χ3v) is 3.58. The lowest BCUT2D eigenvalue weighted by Crippen LogP contribution is -2.27. The van der Waals surface area contributed by atoms with Crippen LogP contribution in [0.5, 0.6) is 0 Å². The van der Waals surface area contributed by atoms with Crippen molar-refractivity contribution >= 4 is 11.6 Å². The van der Waals surface area contributed by atoms with Crippen LogP contribution in [0.2, 0.25) is 0 Å². The molecule has 0 aliphatic rings. The van der Waals surface area contributed by atoms with Gasteiger partial charge < -0.3 is 5.32 Å². The quantitative estimate of drug-likeness (QED) is 0.781. The molecule has 1 amide bonds. The molecule has 0 fully saturated rings. The molecule has 0 bridgehead atoms. The van der Waals surface area contributed by atoms with Crippen molar-refractivity contribution in [3.05, 3.63) is 87.6 Å². The molecule has 3 rings (SSSR count). The van der Waals surface area contributed by atoms with Crippen LogP contribution in [0, 0.1) is 24.4 Å². The fourth-order valence-electron chi connectivity index (χ4n) is 2.35. The van der Waals surface area contributed by atoms with Crippen LogP contribution in [-0.4, -0.2) is 15.7 Å². The van der Waals surface area contributed by atoms with Gasteiger partial charge in [0.1, 0.15) is 23.1 Å². The van der Waals surface area contributed by atoms with Gasteiger partial charge in [0.15, 0.2) is 5.69 Å². The van der Waals surface area contributed by atoms with E-state index in [1.165, 1.54) is 25.1 Å². The molecule has 1 aromatic heterocycles. The number of aromatic nitrogens is 2. The van der Waals surface area contributed by atoms with Crippen LogP contribution in [0.3, 0.4) is 0 Å². The van der Waals surface area contributed by atoms with E-state index in [1.54, 1.807) is 6.07 Å². The first-order valence-corrected chi connectivity index (χ1v) is 7.49.